The average molecular weight is 315 g/mol. The lowest BCUT2D eigenvalue weighted by Crippen LogP contribution is -2.35. The number of ether oxygens (including phenoxy) is 2. The van der Waals surface area contributed by atoms with Crippen LogP contribution in [0.1, 0.15) is 13.8 Å². The van der Waals surface area contributed by atoms with E-state index in [2.05, 4.69) is 10.2 Å². The van der Waals surface area contributed by atoms with Gasteiger partial charge < -0.3 is 14.8 Å². The number of nitrogens with zero attached hydrogens (tertiary/aromatic N) is 1. The molecule has 21 heavy (non-hydrogen) atoms. The van der Waals surface area contributed by atoms with E-state index in [4.69, 9.17) is 21.1 Å². The van der Waals surface area contributed by atoms with Gasteiger partial charge in [0.2, 0.25) is 0 Å². The molecule has 0 atom stereocenters. The first-order chi connectivity index (χ1) is 10.3. The lowest BCUT2D eigenvalue weighted by molar-refractivity contribution is 0.0846. The van der Waals surface area contributed by atoms with Crippen molar-refractivity contribution in [3.8, 4) is 0 Å². The Morgan fingerprint density at radius 1 is 1.05 bits per heavy atom. The zero-order chi connectivity index (χ0) is 15.3. The fourth-order valence-electron chi connectivity index (χ4n) is 1.97. The molecule has 0 aromatic heterocycles. The fourth-order valence-corrected chi connectivity index (χ4v) is 2.16. The lowest BCUT2D eigenvalue weighted by atomic mass is 10.3. The molecule has 120 valence electrons. The van der Waals surface area contributed by atoms with Crippen LogP contribution < -0.4 is 5.32 Å². The summed E-state index contributed by atoms with van der Waals surface area (Å²) in [5.74, 6) is 0. The number of benzene rings is 1. The average Bonchev–Trinajstić information content (AvgIpc) is 2.47. The highest BCUT2D eigenvalue weighted by Gasteiger charge is 2.04. The summed E-state index contributed by atoms with van der Waals surface area (Å²) in [4.78, 5) is 2.35. The van der Waals surface area contributed by atoms with Crippen LogP contribution in [0.15, 0.2) is 24.3 Å². The third kappa shape index (κ3) is 8.94. The second kappa shape index (κ2) is 11.8. The van der Waals surface area contributed by atoms with Gasteiger partial charge in [0.1, 0.15) is 0 Å². The van der Waals surface area contributed by atoms with Gasteiger partial charge in [0, 0.05) is 50.1 Å². The van der Waals surface area contributed by atoms with Gasteiger partial charge in [-0.25, -0.2) is 0 Å². The molecule has 1 N–H and O–H groups in total. The van der Waals surface area contributed by atoms with Crippen molar-refractivity contribution in [1.29, 1.82) is 0 Å². The Kier molecular flexibility index (Phi) is 10.3. The molecule has 0 aliphatic carbocycles. The van der Waals surface area contributed by atoms with Crippen LogP contribution in [-0.2, 0) is 9.47 Å². The van der Waals surface area contributed by atoms with Crippen molar-refractivity contribution in [2.45, 2.75) is 13.8 Å². The van der Waals surface area contributed by atoms with Crippen LogP contribution in [0.25, 0.3) is 0 Å². The molecule has 0 heterocycles. The molecule has 0 aliphatic rings. The molecule has 0 fully saturated rings. The van der Waals surface area contributed by atoms with E-state index >= 15 is 0 Å². The number of nitrogens with one attached hydrogen (secondary N) is 1. The van der Waals surface area contributed by atoms with Crippen LogP contribution in [0.4, 0.5) is 5.69 Å². The van der Waals surface area contributed by atoms with Crippen molar-refractivity contribution in [3.63, 3.8) is 0 Å². The molecular formula is C16H27ClN2O2. The maximum absolute atomic E-state index is 5.97. The van der Waals surface area contributed by atoms with Crippen molar-refractivity contribution in [2.75, 3.05) is 57.9 Å². The second-order valence-corrected chi connectivity index (χ2v) is 5.11. The summed E-state index contributed by atoms with van der Waals surface area (Å²) in [6.45, 7) is 10.8. The zero-order valence-electron chi connectivity index (χ0n) is 13.1. The lowest BCUT2D eigenvalue weighted by Gasteiger charge is -2.22. The molecule has 1 aromatic carbocycles. The van der Waals surface area contributed by atoms with E-state index in [0.717, 1.165) is 63.3 Å². The zero-order valence-corrected chi connectivity index (χ0v) is 13.9. The molecular weight excluding hydrogens is 288 g/mol. The summed E-state index contributed by atoms with van der Waals surface area (Å²) in [7, 11) is 0. The van der Waals surface area contributed by atoms with Crippen LogP contribution in [0.5, 0.6) is 0 Å². The van der Waals surface area contributed by atoms with E-state index in [1.807, 2.05) is 38.1 Å². The minimum Gasteiger partial charge on any atom is -0.384 e. The molecule has 4 nitrogen and oxygen atoms in total. The van der Waals surface area contributed by atoms with E-state index in [9.17, 15) is 0 Å². The van der Waals surface area contributed by atoms with Crippen molar-refractivity contribution < 1.29 is 9.47 Å². The smallest absolute Gasteiger partial charge is 0.0593 e. The SMILES string of the molecule is CCOCCN(CCNc1cccc(Cl)c1)CCOCC. The first kappa shape index (κ1) is 18.2. The molecule has 0 aliphatic heterocycles. The van der Waals surface area contributed by atoms with Gasteiger partial charge in [-0.3, -0.25) is 4.90 Å². The quantitative estimate of drug-likeness (QED) is 0.601. The normalized spacial score (nSPS) is 11.0. The van der Waals surface area contributed by atoms with Gasteiger partial charge in [-0.05, 0) is 32.0 Å². The number of rotatable bonds is 12. The summed E-state index contributed by atoms with van der Waals surface area (Å²) in [6, 6.07) is 7.79. The fraction of sp³-hybridized carbons (Fsp3) is 0.625. The predicted octanol–water partition coefficient (Wildman–Crippen LogP) is 3.13. The Balaban J connectivity index is 2.29. The monoisotopic (exact) mass is 314 g/mol. The van der Waals surface area contributed by atoms with E-state index in [-0.39, 0.29) is 0 Å². The molecule has 1 rings (SSSR count). The number of anilines is 1. The van der Waals surface area contributed by atoms with Crippen molar-refractivity contribution in [3.05, 3.63) is 29.3 Å². The molecule has 0 amide bonds. The van der Waals surface area contributed by atoms with E-state index in [0.29, 0.717) is 0 Å². The van der Waals surface area contributed by atoms with Gasteiger partial charge in [-0.2, -0.15) is 0 Å². The van der Waals surface area contributed by atoms with E-state index < -0.39 is 0 Å². The number of hydrogen-bond acceptors (Lipinski definition) is 4. The van der Waals surface area contributed by atoms with Gasteiger partial charge >= 0.3 is 0 Å². The summed E-state index contributed by atoms with van der Waals surface area (Å²) >= 11 is 5.97. The minimum atomic E-state index is 0.754. The van der Waals surface area contributed by atoms with Crippen molar-refractivity contribution in [2.24, 2.45) is 0 Å². The predicted molar refractivity (Wildman–Crippen MR) is 89.4 cm³/mol. The molecule has 5 heteroatoms. The molecule has 0 spiro atoms. The van der Waals surface area contributed by atoms with Crippen molar-refractivity contribution >= 4 is 17.3 Å². The Morgan fingerprint density at radius 2 is 1.71 bits per heavy atom. The van der Waals surface area contributed by atoms with Gasteiger partial charge in [0.15, 0.2) is 0 Å². The highest BCUT2D eigenvalue weighted by atomic mass is 35.5. The minimum absolute atomic E-state index is 0.754. The third-order valence-electron chi connectivity index (χ3n) is 3.09. The Labute approximate surface area is 133 Å². The maximum atomic E-state index is 5.97. The van der Waals surface area contributed by atoms with E-state index in [1.165, 1.54) is 0 Å². The highest BCUT2D eigenvalue weighted by Crippen LogP contribution is 2.14. The molecule has 1 aromatic rings. The third-order valence-corrected chi connectivity index (χ3v) is 3.33. The molecule has 0 saturated heterocycles. The first-order valence-corrected chi connectivity index (χ1v) is 8.01. The summed E-state index contributed by atoms with van der Waals surface area (Å²) in [6.07, 6.45) is 0. The maximum Gasteiger partial charge on any atom is 0.0593 e. The van der Waals surface area contributed by atoms with Crippen LogP contribution in [0, 0.1) is 0 Å². The Bertz CT molecular complexity index is 367. The van der Waals surface area contributed by atoms with Crippen LogP contribution in [-0.4, -0.2) is 57.5 Å². The van der Waals surface area contributed by atoms with E-state index in [1.54, 1.807) is 0 Å². The topological polar surface area (TPSA) is 33.7 Å². The van der Waals surface area contributed by atoms with Gasteiger partial charge in [0.05, 0.1) is 13.2 Å². The standard InChI is InChI=1S/C16H27ClN2O2/c1-3-20-12-10-19(11-13-21-4-2)9-8-18-16-7-5-6-15(17)14-16/h5-7,14,18H,3-4,8-13H2,1-2H3. The molecule has 0 unspecified atom stereocenters. The van der Waals surface area contributed by atoms with Crippen LogP contribution >= 0.6 is 11.6 Å². The molecule has 0 bridgehead atoms. The summed E-state index contributed by atoms with van der Waals surface area (Å²) < 4.78 is 10.9. The van der Waals surface area contributed by atoms with Crippen molar-refractivity contribution in [1.82, 2.24) is 4.90 Å². The highest BCUT2D eigenvalue weighted by molar-refractivity contribution is 6.30. The number of halogens is 1. The van der Waals surface area contributed by atoms with Gasteiger partial charge in [0.25, 0.3) is 0 Å². The largest absolute Gasteiger partial charge is 0.384 e. The van der Waals surface area contributed by atoms with Gasteiger partial charge in [-0.1, -0.05) is 17.7 Å². The van der Waals surface area contributed by atoms with Crippen LogP contribution in [0.3, 0.4) is 0 Å². The molecule has 0 radical (unpaired) electrons. The second-order valence-electron chi connectivity index (χ2n) is 4.67. The van der Waals surface area contributed by atoms with Gasteiger partial charge in [-0.15, -0.1) is 0 Å². The molecule has 0 saturated carbocycles. The summed E-state index contributed by atoms with van der Waals surface area (Å²) in [5.41, 5.74) is 1.05. The first-order valence-electron chi connectivity index (χ1n) is 7.63. The van der Waals surface area contributed by atoms with Crippen LogP contribution in [0.2, 0.25) is 5.02 Å². The number of hydrogen-bond donors (Lipinski definition) is 1. The Morgan fingerprint density at radius 3 is 2.29 bits per heavy atom. The Hall–Kier alpha value is -0.810. The summed E-state index contributed by atoms with van der Waals surface area (Å²) in [5, 5.41) is 4.14.